The zero-order valence-corrected chi connectivity index (χ0v) is 7.62. The van der Waals surface area contributed by atoms with Crippen molar-refractivity contribution in [1.82, 2.24) is 5.32 Å². The Morgan fingerprint density at radius 2 is 2.13 bits per heavy atom. The lowest BCUT2D eigenvalue weighted by Gasteiger charge is -2.06. The maximum atomic E-state index is 13.1. The molecule has 0 aliphatic carbocycles. The summed E-state index contributed by atoms with van der Waals surface area (Å²) in [7, 11) is 0. The molecule has 6 heteroatoms. The molecule has 0 radical (unpaired) electrons. The molecular weight excluding hydrogens is 203 g/mol. The van der Waals surface area contributed by atoms with E-state index in [1.165, 1.54) is 12.1 Å². The number of anilines is 1. The van der Waals surface area contributed by atoms with Gasteiger partial charge in [0.25, 0.3) is 5.91 Å². The topological polar surface area (TPSA) is 95.2 Å². The Kier molecular flexibility index (Phi) is 3.22. The van der Waals surface area contributed by atoms with Crippen molar-refractivity contribution in [2.45, 2.75) is 0 Å². The number of benzene rings is 1. The first-order chi connectivity index (χ1) is 7.00. The van der Waals surface area contributed by atoms with Crippen LogP contribution in [0.4, 0.5) is 10.1 Å². The van der Waals surface area contributed by atoms with E-state index in [0.717, 1.165) is 6.07 Å². The summed E-state index contributed by atoms with van der Waals surface area (Å²) < 4.78 is 13.1. The average molecular weight is 211 g/mol. The number of nitrogen functional groups attached to an aromatic ring is 1. The van der Waals surface area contributed by atoms with Gasteiger partial charge in [0.1, 0.15) is 5.82 Å². The highest BCUT2D eigenvalue weighted by molar-refractivity contribution is 5.96. The smallest absolute Gasteiger partial charge is 0.254 e. The van der Waals surface area contributed by atoms with Gasteiger partial charge in [-0.15, -0.1) is 0 Å². The van der Waals surface area contributed by atoms with Crippen LogP contribution in [0.15, 0.2) is 18.2 Å². The number of carbonyl (C=O) groups is 2. The van der Waals surface area contributed by atoms with E-state index in [2.05, 4.69) is 0 Å². The molecule has 1 aromatic rings. The Labute approximate surface area is 84.7 Å². The molecule has 0 heterocycles. The van der Waals surface area contributed by atoms with Gasteiger partial charge in [0.15, 0.2) is 0 Å². The van der Waals surface area contributed by atoms with Crippen LogP contribution in [-0.2, 0) is 4.79 Å². The van der Waals surface area contributed by atoms with Crippen LogP contribution in [0.25, 0.3) is 0 Å². The number of carbonyl (C=O) groups excluding carboxylic acids is 2. The molecule has 1 rings (SSSR count). The molecular formula is C9H8FN2O3-. The molecule has 80 valence electrons. The highest BCUT2D eigenvalue weighted by Crippen LogP contribution is 2.11. The number of nitrogens with two attached hydrogens (primary N) is 1. The van der Waals surface area contributed by atoms with Crippen molar-refractivity contribution >= 4 is 17.6 Å². The van der Waals surface area contributed by atoms with Gasteiger partial charge in [0.05, 0.1) is 18.1 Å². The minimum absolute atomic E-state index is 0.184. The van der Waals surface area contributed by atoms with Crippen LogP contribution < -0.4 is 16.2 Å². The highest BCUT2D eigenvalue weighted by atomic mass is 19.1. The molecule has 0 fully saturated rings. The van der Waals surface area contributed by atoms with Gasteiger partial charge >= 0.3 is 0 Å². The molecule has 0 spiro atoms. The Hall–Kier alpha value is -2.11. The number of halogens is 1. The highest BCUT2D eigenvalue weighted by Gasteiger charge is 2.10. The van der Waals surface area contributed by atoms with Crippen LogP contribution >= 0.6 is 0 Å². The quantitative estimate of drug-likeness (QED) is 0.619. The number of rotatable bonds is 3. The normalized spacial score (nSPS) is 9.67. The lowest BCUT2D eigenvalue weighted by Crippen LogP contribution is -2.37. The third-order valence-corrected chi connectivity index (χ3v) is 1.63. The van der Waals surface area contributed by atoms with Crippen molar-refractivity contribution in [3.8, 4) is 0 Å². The number of amides is 1. The summed E-state index contributed by atoms with van der Waals surface area (Å²) in [5.74, 6) is -3.07. The second kappa shape index (κ2) is 4.41. The summed E-state index contributed by atoms with van der Waals surface area (Å²) >= 11 is 0. The zero-order valence-electron chi connectivity index (χ0n) is 7.62. The summed E-state index contributed by atoms with van der Waals surface area (Å²) in [6, 6.07) is 3.50. The Morgan fingerprint density at radius 1 is 1.47 bits per heavy atom. The molecule has 0 aliphatic rings. The van der Waals surface area contributed by atoms with Crippen molar-refractivity contribution < 1.29 is 19.1 Å². The standard InChI is InChI=1S/C9H9FN2O3/c10-7-3-5(11)1-2-6(7)9(15)12-4-8(13)14/h1-3H,4,11H2,(H,12,15)(H,13,14)/p-1. The Balaban J connectivity index is 2.78. The van der Waals surface area contributed by atoms with Gasteiger partial charge in [0, 0.05) is 5.69 Å². The van der Waals surface area contributed by atoms with Gasteiger partial charge < -0.3 is 21.0 Å². The monoisotopic (exact) mass is 211 g/mol. The van der Waals surface area contributed by atoms with Gasteiger partial charge in [-0.25, -0.2) is 4.39 Å². The summed E-state index contributed by atoms with van der Waals surface area (Å²) in [5, 5.41) is 12.0. The molecule has 1 amide bonds. The average Bonchev–Trinajstić information content (AvgIpc) is 2.14. The first kappa shape index (κ1) is 11.0. The molecule has 0 unspecified atom stereocenters. The van der Waals surface area contributed by atoms with E-state index in [1.807, 2.05) is 5.32 Å². The fourth-order valence-corrected chi connectivity index (χ4v) is 0.963. The summed E-state index contributed by atoms with van der Waals surface area (Å²) in [4.78, 5) is 21.2. The summed E-state index contributed by atoms with van der Waals surface area (Å²) in [6.07, 6.45) is 0. The predicted molar refractivity (Wildman–Crippen MR) is 48.2 cm³/mol. The van der Waals surface area contributed by atoms with Crippen molar-refractivity contribution in [1.29, 1.82) is 0 Å². The molecule has 5 nitrogen and oxygen atoms in total. The van der Waals surface area contributed by atoms with Crippen molar-refractivity contribution in [2.75, 3.05) is 12.3 Å². The van der Waals surface area contributed by atoms with Crippen LogP contribution in [0, 0.1) is 5.82 Å². The first-order valence-corrected chi connectivity index (χ1v) is 4.04. The number of carboxylic acids is 1. The molecule has 15 heavy (non-hydrogen) atoms. The second-order valence-electron chi connectivity index (χ2n) is 2.79. The van der Waals surface area contributed by atoms with E-state index >= 15 is 0 Å². The van der Waals surface area contributed by atoms with E-state index < -0.39 is 24.2 Å². The molecule has 0 aromatic heterocycles. The lowest BCUT2D eigenvalue weighted by molar-refractivity contribution is -0.303. The number of carboxylic acid groups (broad SMARTS) is 1. The third-order valence-electron chi connectivity index (χ3n) is 1.63. The fraction of sp³-hybridized carbons (Fsp3) is 0.111. The van der Waals surface area contributed by atoms with Crippen molar-refractivity contribution in [3.05, 3.63) is 29.6 Å². The second-order valence-corrected chi connectivity index (χ2v) is 2.79. The van der Waals surface area contributed by atoms with Crippen molar-refractivity contribution in [3.63, 3.8) is 0 Å². The van der Waals surface area contributed by atoms with E-state index in [0.29, 0.717) is 0 Å². The molecule has 0 aliphatic heterocycles. The Bertz CT molecular complexity index is 406. The summed E-state index contributed by atoms with van der Waals surface area (Å²) in [6.45, 7) is -0.664. The molecule has 0 bridgehead atoms. The lowest BCUT2D eigenvalue weighted by atomic mass is 10.2. The van der Waals surface area contributed by atoms with Gasteiger partial charge in [-0.1, -0.05) is 0 Å². The van der Waals surface area contributed by atoms with E-state index in [9.17, 15) is 19.1 Å². The number of hydrogen-bond acceptors (Lipinski definition) is 4. The SMILES string of the molecule is Nc1ccc(C(=O)NCC(=O)[O-])c(F)c1. The largest absolute Gasteiger partial charge is 0.548 e. The molecule has 0 saturated heterocycles. The number of nitrogens with one attached hydrogen (secondary N) is 1. The van der Waals surface area contributed by atoms with E-state index in [4.69, 9.17) is 5.73 Å². The zero-order chi connectivity index (χ0) is 11.4. The fourth-order valence-electron chi connectivity index (χ4n) is 0.963. The van der Waals surface area contributed by atoms with Crippen molar-refractivity contribution in [2.24, 2.45) is 0 Å². The van der Waals surface area contributed by atoms with Crippen LogP contribution in [0.2, 0.25) is 0 Å². The Morgan fingerprint density at radius 3 is 2.67 bits per heavy atom. The molecule has 1 aromatic carbocycles. The van der Waals surface area contributed by atoms with Gasteiger partial charge in [-0.05, 0) is 18.2 Å². The van der Waals surface area contributed by atoms with Gasteiger partial charge in [-0.3, -0.25) is 4.79 Å². The van der Waals surface area contributed by atoms with Crippen LogP contribution in [0.3, 0.4) is 0 Å². The van der Waals surface area contributed by atoms with E-state index in [-0.39, 0.29) is 11.3 Å². The molecule has 0 saturated carbocycles. The van der Waals surface area contributed by atoms with Crippen LogP contribution in [-0.4, -0.2) is 18.4 Å². The van der Waals surface area contributed by atoms with E-state index in [1.54, 1.807) is 0 Å². The third kappa shape index (κ3) is 2.94. The summed E-state index contributed by atoms with van der Waals surface area (Å²) in [5.41, 5.74) is 5.20. The molecule has 0 atom stereocenters. The maximum absolute atomic E-state index is 13.1. The van der Waals surface area contributed by atoms with Gasteiger partial charge in [-0.2, -0.15) is 0 Å². The van der Waals surface area contributed by atoms with Crippen LogP contribution in [0.1, 0.15) is 10.4 Å². The molecule has 3 N–H and O–H groups in total. The minimum Gasteiger partial charge on any atom is -0.548 e. The number of aliphatic carboxylic acids is 1. The number of hydrogen-bond donors (Lipinski definition) is 2. The van der Waals surface area contributed by atoms with Gasteiger partial charge in [0.2, 0.25) is 0 Å². The minimum atomic E-state index is -1.45. The maximum Gasteiger partial charge on any atom is 0.254 e. The first-order valence-electron chi connectivity index (χ1n) is 4.04. The van der Waals surface area contributed by atoms with Crippen LogP contribution in [0.5, 0.6) is 0 Å². The predicted octanol–water partition coefficient (Wildman–Crippen LogP) is -1.11.